The molecule has 5 heteroatoms. The van der Waals surface area contributed by atoms with E-state index in [0.717, 1.165) is 0 Å². The summed E-state index contributed by atoms with van der Waals surface area (Å²) in [5.74, 6) is 0. The van der Waals surface area contributed by atoms with Crippen molar-refractivity contribution in [1.82, 2.24) is 5.32 Å². The van der Waals surface area contributed by atoms with Crippen LogP contribution in [-0.4, -0.2) is 22.8 Å². The normalized spacial score (nSPS) is 12.4. The third kappa shape index (κ3) is 3.75. The first-order valence-corrected chi connectivity index (χ1v) is 5.62. The van der Waals surface area contributed by atoms with Gasteiger partial charge in [-0.3, -0.25) is 0 Å². The number of benzene rings is 1. The molecule has 0 aromatic heterocycles. The number of amides is 2. The van der Waals surface area contributed by atoms with E-state index < -0.39 is 17.7 Å². The zero-order valence-electron chi connectivity index (χ0n) is 10.7. The number of aliphatic hydroxyl groups is 1. The summed E-state index contributed by atoms with van der Waals surface area (Å²) in [6, 6.07) is 8.14. The fourth-order valence-electron chi connectivity index (χ4n) is 1.19. The Morgan fingerprint density at radius 3 is 2.39 bits per heavy atom. The molecule has 2 amide bonds. The van der Waals surface area contributed by atoms with Crippen LogP contribution in [0.1, 0.15) is 26.3 Å². The van der Waals surface area contributed by atoms with E-state index in [-0.39, 0.29) is 0 Å². The minimum absolute atomic E-state index is 0.398. The SMILES string of the molecule is CC(O)C(C)(C)NC(=O)Nc1ccc(C#N)cc1. The Balaban J connectivity index is 2.62. The lowest BCUT2D eigenvalue weighted by Gasteiger charge is -2.29. The molecule has 1 unspecified atom stereocenters. The molecule has 0 aliphatic rings. The summed E-state index contributed by atoms with van der Waals surface area (Å²) >= 11 is 0. The monoisotopic (exact) mass is 247 g/mol. The highest BCUT2D eigenvalue weighted by molar-refractivity contribution is 5.89. The molecule has 0 fully saturated rings. The summed E-state index contributed by atoms with van der Waals surface area (Å²) in [5, 5.41) is 23.4. The maximum atomic E-state index is 11.7. The van der Waals surface area contributed by atoms with Crippen LogP contribution in [0.5, 0.6) is 0 Å². The molecule has 3 N–H and O–H groups in total. The smallest absolute Gasteiger partial charge is 0.319 e. The topological polar surface area (TPSA) is 85.2 Å². The van der Waals surface area contributed by atoms with Crippen LogP contribution in [0.15, 0.2) is 24.3 Å². The van der Waals surface area contributed by atoms with Gasteiger partial charge in [-0.25, -0.2) is 4.79 Å². The van der Waals surface area contributed by atoms with Gasteiger partial charge in [-0.05, 0) is 45.0 Å². The molecule has 0 spiro atoms. The van der Waals surface area contributed by atoms with E-state index in [4.69, 9.17) is 5.26 Å². The minimum atomic E-state index is -0.712. The number of nitrogens with one attached hydrogen (secondary N) is 2. The molecular weight excluding hydrogens is 230 g/mol. The van der Waals surface area contributed by atoms with Crippen LogP contribution in [0.3, 0.4) is 0 Å². The molecule has 0 bridgehead atoms. The molecule has 1 atom stereocenters. The van der Waals surface area contributed by atoms with Crippen LogP contribution >= 0.6 is 0 Å². The number of anilines is 1. The van der Waals surface area contributed by atoms with Crippen molar-refractivity contribution in [2.75, 3.05) is 5.32 Å². The predicted octanol–water partition coefficient (Wildman–Crippen LogP) is 1.84. The number of nitrogens with zero attached hydrogens (tertiary/aromatic N) is 1. The zero-order chi connectivity index (χ0) is 13.8. The van der Waals surface area contributed by atoms with E-state index in [0.29, 0.717) is 11.3 Å². The molecule has 0 heterocycles. The van der Waals surface area contributed by atoms with Crippen molar-refractivity contribution in [3.05, 3.63) is 29.8 Å². The second-order valence-electron chi connectivity index (χ2n) is 4.67. The van der Waals surface area contributed by atoms with Crippen molar-refractivity contribution in [1.29, 1.82) is 5.26 Å². The van der Waals surface area contributed by atoms with E-state index in [2.05, 4.69) is 10.6 Å². The number of hydrogen-bond donors (Lipinski definition) is 3. The maximum Gasteiger partial charge on any atom is 0.319 e. The van der Waals surface area contributed by atoms with Gasteiger partial charge in [0.2, 0.25) is 0 Å². The third-order valence-corrected chi connectivity index (χ3v) is 2.75. The lowest BCUT2D eigenvalue weighted by Crippen LogP contribution is -2.52. The van der Waals surface area contributed by atoms with Gasteiger partial charge in [0.05, 0.1) is 23.3 Å². The van der Waals surface area contributed by atoms with Crippen LogP contribution < -0.4 is 10.6 Å². The Morgan fingerprint density at radius 2 is 1.94 bits per heavy atom. The molecule has 0 aliphatic heterocycles. The van der Waals surface area contributed by atoms with Crippen molar-refractivity contribution in [2.45, 2.75) is 32.4 Å². The Labute approximate surface area is 106 Å². The zero-order valence-corrected chi connectivity index (χ0v) is 10.7. The second-order valence-corrected chi connectivity index (χ2v) is 4.67. The lowest BCUT2D eigenvalue weighted by molar-refractivity contribution is 0.103. The Kier molecular flexibility index (Phi) is 4.29. The second kappa shape index (κ2) is 5.52. The van der Waals surface area contributed by atoms with Crippen molar-refractivity contribution < 1.29 is 9.90 Å². The van der Waals surface area contributed by atoms with Crippen LogP contribution in [0.25, 0.3) is 0 Å². The highest BCUT2D eigenvalue weighted by atomic mass is 16.3. The van der Waals surface area contributed by atoms with E-state index in [1.807, 2.05) is 6.07 Å². The number of carbonyl (C=O) groups is 1. The molecule has 5 nitrogen and oxygen atoms in total. The summed E-state index contributed by atoms with van der Waals surface area (Å²) < 4.78 is 0. The third-order valence-electron chi connectivity index (χ3n) is 2.75. The van der Waals surface area contributed by atoms with E-state index in [1.54, 1.807) is 45.0 Å². The van der Waals surface area contributed by atoms with Crippen LogP contribution in [0.4, 0.5) is 10.5 Å². The van der Waals surface area contributed by atoms with Gasteiger partial charge >= 0.3 is 6.03 Å². The van der Waals surface area contributed by atoms with Crippen LogP contribution in [-0.2, 0) is 0 Å². The number of nitriles is 1. The molecular formula is C13H17N3O2. The molecule has 0 saturated carbocycles. The predicted molar refractivity (Wildman–Crippen MR) is 69.1 cm³/mol. The summed E-state index contributed by atoms with van der Waals surface area (Å²) in [5.41, 5.74) is 0.412. The number of hydrogen-bond acceptors (Lipinski definition) is 3. The number of rotatable bonds is 3. The number of carbonyl (C=O) groups excluding carboxylic acids is 1. The molecule has 0 saturated heterocycles. The van der Waals surface area contributed by atoms with Gasteiger partial charge in [-0.1, -0.05) is 0 Å². The summed E-state index contributed by atoms with van der Waals surface area (Å²) in [4.78, 5) is 11.7. The molecule has 96 valence electrons. The Bertz CT molecular complexity index is 458. The van der Waals surface area contributed by atoms with Gasteiger partial charge in [0.25, 0.3) is 0 Å². The summed E-state index contributed by atoms with van der Waals surface area (Å²) in [6.45, 7) is 5.08. The Morgan fingerprint density at radius 1 is 1.39 bits per heavy atom. The van der Waals surface area contributed by atoms with E-state index in [1.165, 1.54) is 0 Å². The molecule has 0 aliphatic carbocycles. The largest absolute Gasteiger partial charge is 0.391 e. The minimum Gasteiger partial charge on any atom is -0.391 e. The van der Waals surface area contributed by atoms with Crippen molar-refractivity contribution >= 4 is 11.7 Å². The molecule has 0 radical (unpaired) electrons. The van der Waals surface area contributed by atoms with Gasteiger partial charge < -0.3 is 15.7 Å². The highest BCUT2D eigenvalue weighted by Gasteiger charge is 2.25. The van der Waals surface area contributed by atoms with Gasteiger partial charge in [0.15, 0.2) is 0 Å². The first kappa shape index (κ1) is 14.0. The van der Waals surface area contributed by atoms with Gasteiger partial charge in [0.1, 0.15) is 0 Å². The molecule has 18 heavy (non-hydrogen) atoms. The van der Waals surface area contributed by atoms with Gasteiger partial charge in [-0.15, -0.1) is 0 Å². The lowest BCUT2D eigenvalue weighted by atomic mass is 9.99. The summed E-state index contributed by atoms with van der Waals surface area (Å²) in [7, 11) is 0. The maximum absolute atomic E-state index is 11.7. The molecule has 1 aromatic rings. The fourth-order valence-corrected chi connectivity index (χ4v) is 1.19. The van der Waals surface area contributed by atoms with Crippen molar-refractivity contribution in [3.8, 4) is 6.07 Å². The average Bonchev–Trinajstić information content (AvgIpc) is 2.29. The quantitative estimate of drug-likeness (QED) is 0.761. The first-order valence-electron chi connectivity index (χ1n) is 5.62. The molecule has 1 rings (SSSR count). The fraction of sp³-hybridized carbons (Fsp3) is 0.385. The summed E-state index contributed by atoms with van der Waals surface area (Å²) in [6.07, 6.45) is -0.663. The Hall–Kier alpha value is -2.06. The highest BCUT2D eigenvalue weighted by Crippen LogP contribution is 2.11. The van der Waals surface area contributed by atoms with E-state index >= 15 is 0 Å². The number of aliphatic hydroxyl groups excluding tert-OH is 1. The van der Waals surface area contributed by atoms with Crippen molar-refractivity contribution in [2.24, 2.45) is 0 Å². The van der Waals surface area contributed by atoms with Crippen molar-refractivity contribution in [3.63, 3.8) is 0 Å². The first-order chi connectivity index (χ1) is 8.35. The molecule has 1 aromatic carbocycles. The van der Waals surface area contributed by atoms with E-state index in [9.17, 15) is 9.90 Å². The van der Waals surface area contributed by atoms with Crippen LogP contribution in [0.2, 0.25) is 0 Å². The van der Waals surface area contributed by atoms with Crippen LogP contribution in [0, 0.1) is 11.3 Å². The van der Waals surface area contributed by atoms with Gasteiger partial charge in [0, 0.05) is 5.69 Å². The van der Waals surface area contributed by atoms with Gasteiger partial charge in [-0.2, -0.15) is 5.26 Å². The standard InChI is InChI=1S/C13H17N3O2/c1-9(17)13(2,3)16-12(18)15-11-6-4-10(8-14)5-7-11/h4-7,9,17H,1-3H3,(H2,15,16,18). The average molecular weight is 247 g/mol. The number of urea groups is 1.